The van der Waals surface area contributed by atoms with E-state index < -0.39 is 5.95 Å². The molecule has 0 unspecified atom stereocenters. The van der Waals surface area contributed by atoms with E-state index in [0.29, 0.717) is 16.9 Å². The van der Waals surface area contributed by atoms with Crippen LogP contribution in [0.4, 0.5) is 0 Å². The summed E-state index contributed by atoms with van der Waals surface area (Å²) in [5, 5.41) is 20.3. The number of rotatable bonds is 2. The van der Waals surface area contributed by atoms with E-state index in [2.05, 4.69) is 0 Å². The molecule has 0 fully saturated rings. The first kappa shape index (κ1) is 13.1. The minimum absolute atomic E-state index is 0.134. The van der Waals surface area contributed by atoms with Gasteiger partial charge in [-0.25, -0.2) is 0 Å². The summed E-state index contributed by atoms with van der Waals surface area (Å²) in [6.07, 6.45) is 0. The van der Waals surface area contributed by atoms with Crippen molar-refractivity contribution in [2.45, 2.75) is 0 Å². The van der Waals surface area contributed by atoms with Crippen LogP contribution in [0.25, 0.3) is 22.5 Å². The zero-order chi connectivity index (χ0) is 15.0. The molecule has 0 amide bonds. The Kier molecular flexibility index (Phi) is 3.02. The summed E-state index contributed by atoms with van der Waals surface area (Å²) in [6.45, 7) is 0. The zero-order valence-electron chi connectivity index (χ0n) is 11.2. The van der Waals surface area contributed by atoms with Crippen LogP contribution in [0, 0.1) is 0 Å². The van der Waals surface area contributed by atoms with Crippen LogP contribution in [0.3, 0.4) is 0 Å². The van der Waals surface area contributed by atoms with E-state index >= 15 is 0 Å². The number of fused-ring (bicyclic) bond motifs is 1. The average Bonchev–Trinajstić information content (AvgIpc) is 2.47. The van der Waals surface area contributed by atoms with Crippen LogP contribution in [0.1, 0.15) is 0 Å². The monoisotopic (exact) mass is 284 g/mol. The first-order valence-electron chi connectivity index (χ1n) is 6.23. The average molecular weight is 284 g/mol. The maximum atomic E-state index is 11.3. The minimum Gasteiger partial charge on any atom is -0.506 e. The van der Waals surface area contributed by atoms with Gasteiger partial charge < -0.3 is 19.4 Å². The molecule has 5 heteroatoms. The summed E-state index contributed by atoms with van der Waals surface area (Å²) < 4.78 is 10.3. The Morgan fingerprint density at radius 1 is 1.05 bits per heavy atom. The maximum Gasteiger partial charge on any atom is 0.294 e. The number of hydrogen-bond donors (Lipinski definition) is 2. The molecule has 0 spiro atoms. The van der Waals surface area contributed by atoms with Gasteiger partial charge in [0.15, 0.2) is 5.43 Å². The second-order valence-corrected chi connectivity index (χ2v) is 4.52. The van der Waals surface area contributed by atoms with Gasteiger partial charge in [-0.05, 0) is 29.8 Å². The van der Waals surface area contributed by atoms with Crippen LogP contribution >= 0.6 is 0 Å². The van der Waals surface area contributed by atoms with Crippen molar-refractivity contribution in [3.8, 4) is 39.9 Å². The molecule has 2 N–H and O–H groups in total. The lowest BCUT2D eigenvalue weighted by Crippen LogP contribution is -1.98. The van der Waals surface area contributed by atoms with Crippen LogP contribution in [0.15, 0.2) is 51.7 Å². The van der Waals surface area contributed by atoms with Crippen molar-refractivity contribution >= 4 is 0 Å². The second kappa shape index (κ2) is 4.86. The predicted molar refractivity (Wildman–Crippen MR) is 76.9 cm³/mol. The molecule has 0 saturated heterocycles. The fraction of sp³-hybridized carbons (Fsp3) is 0.0625. The van der Waals surface area contributed by atoms with Crippen LogP contribution in [0.5, 0.6) is 17.4 Å². The Hall–Kier alpha value is -2.95. The minimum atomic E-state index is -0.448. The molecule has 1 heterocycles. The number of benzene rings is 2. The van der Waals surface area contributed by atoms with Crippen LogP contribution in [-0.4, -0.2) is 17.3 Å². The highest BCUT2D eigenvalue weighted by molar-refractivity contribution is 5.83. The highest BCUT2D eigenvalue weighted by Crippen LogP contribution is 2.45. The smallest absolute Gasteiger partial charge is 0.294 e. The third-order valence-electron chi connectivity index (χ3n) is 3.24. The van der Waals surface area contributed by atoms with Gasteiger partial charge in [-0.15, -0.1) is 0 Å². The maximum absolute atomic E-state index is 11.3. The van der Waals surface area contributed by atoms with Crippen molar-refractivity contribution in [1.29, 1.82) is 0 Å². The molecule has 1 aromatic rings. The second-order valence-electron chi connectivity index (χ2n) is 4.52. The standard InChI is InChI=1S/C16H12O5/c1-20-11-5-2-9(3-6-11)14-15(18)12-7-4-10(17)8-13(12)21-16(14)19/h2-8,18-19H,1H3. The van der Waals surface area contributed by atoms with Crippen LogP contribution in [-0.2, 0) is 0 Å². The number of ether oxygens (including phenoxy) is 1. The van der Waals surface area contributed by atoms with Gasteiger partial charge in [-0.3, -0.25) is 4.79 Å². The topological polar surface area (TPSA) is 79.9 Å². The Balaban J connectivity index is 2.25. The molecular formula is C16H12O5. The number of hydrogen-bond acceptors (Lipinski definition) is 5. The quantitative estimate of drug-likeness (QED) is 0.756. The third kappa shape index (κ3) is 2.18. The van der Waals surface area contributed by atoms with Crippen molar-refractivity contribution in [3.63, 3.8) is 0 Å². The molecule has 21 heavy (non-hydrogen) atoms. The first-order chi connectivity index (χ1) is 10.1. The van der Waals surface area contributed by atoms with E-state index in [0.717, 1.165) is 0 Å². The van der Waals surface area contributed by atoms with Gasteiger partial charge in [0.25, 0.3) is 5.95 Å². The fourth-order valence-corrected chi connectivity index (χ4v) is 2.19. The third-order valence-corrected chi connectivity index (χ3v) is 3.24. The van der Waals surface area contributed by atoms with E-state index in [1.54, 1.807) is 31.4 Å². The molecule has 2 aliphatic rings. The predicted octanol–water partition coefficient (Wildman–Crippen LogP) is 2.83. The van der Waals surface area contributed by atoms with Gasteiger partial charge in [0.05, 0.1) is 12.7 Å². The Morgan fingerprint density at radius 3 is 2.43 bits per heavy atom. The van der Waals surface area contributed by atoms with Gasteiger partial charge in [0, 0.05) is 6.07 Å². The lowest BCUT2D eigenvalue weighted by Gasteiger charge is -2.13. The van der Waals surface area contributed by atoms with Gasteiger partial charge >= 0.3 is 0 Å². The molecule has 5 nitrogen and oxygen atoms in total. The van der Waals surface area contributed by atoms with Crippen LogP contribution in [0.2, 0.25) is 0 Å². The largest absolute Gasteiger partial charge is 0.506 e. The normalized spacial score (nSPS) is 10.7. The highest BCUT2D eigenvalue weighted by atomic mass is 16.5. The van der Waals surface area contributed by atoms with Crippen molar-refractivity contribution in [3.05, 3.63) is 52.7 Å². The zero-order valence-corrected chi connectivity index (χ0v) is 11.2. The molecule has 3 rings (SSSR count). The molecule has 0 aromatic heterocycles. The first-order valence-corrected chi connectivity index (χ1v) is 6.23. The van der Waals surface area contributed by atoms with E-state index in [9.17, 15) is 15.0 Å². The van der Waals surface area contributed by atoms with Crippen LogP contribution < -0.4 is 10.2 Å². The Morgan fingerprint density at radius 2 is 1.76 bits per heavy atom. The fourth-order valence-electron chi connectivity index (χ4n) is 2.19. The number of methoxy groups -OCH3 is 1. The molecule has 1 aliphatic heterocycles. The summed E-state index contributed by atoms with van der Waals surface area (Å²) in [6, 6.07) is 10.8. The van der Waals surface area contributed by atoms with Gasteiger partial charge in [-0.2, -0.15) is 0 Å². The molecule has 1 aliphatic carbocycles. The molecule has 1 aromatic carbocycles. The van der Waals surface area contributed by atoms with Crippen molar-refractivity contribution in [1.82, 2.24) is 0 Å². The van der Waals surface area contributed by atoms with E-state index in [1.165, 1.54) is 18.2 Å². The summed E-state index contributed by atoms with van der Waals surface area (Å²) >= 11 is 0. The molecule has 0 saturated carbocycles. The van der Waals surface area contributed by atoms with E-state index in [-0.39, 0.29) is 22.5 Å². The molecule has 0 radical (unpaired) electrons. The van der Waals surface area contributed by atoms with Gasteiger partial charge in [0.1, 0.15) is 22.8 Å². The summed E-state index contributed by atoms with van der Waals surface area (Å²) in [5.74, 6) is 0.205. The summed E-state index contributed by atoms with van der Waals surface area (Å²) in [4.78, 5) is 11.3. The lowest BCUT2D eigenvalue weighted by atomic mass is 10.0. The Bertz CT molecular complexity index is 817. The molecule has 0 atom stereocenters. The van der Waals surface area contributed by atoms with Crippen molar-refractivity contribution < 1.29 is 19.4 Å². The van der Waals surface area contributed by atoms with E-state index in [1.807, 2.05) is 0 Å². The molecule has 106 valence electrons. The Labute approximate surface area is 120 Å². The summed E-state index contributed by atoms with van der Waals surface area (Å²) in [7, 11) is 1.55. The van der Waals surface area contributed by atoms with E-state index in [4.69, 9.17) is 9.15 Å². The SMILES string of the molecule is COc1ccc(-c2c(O)oc3cc(=O)ccc-3c2O)cc1. The van der Waals surface area contributed by atoms with Crippen molar-refractivity contribution in [2.75, 3.05) is 7.11 Å². The van der Waals surface area contributed by atoms with Gasteiger partial charge in [-0.1, -0.05) is 12.1 Å². The lowest BCUT2D eigenvalue weighted by molar-refractivity contribution is 0.325. The van der Waals surface area contributed by atoms with Crippen molar-refractivity contribution in [2.24, 2.45) is 0 Å². The van der Waals surface area contributed by atoms with Gasteiger partial charge in [0.2, 0.25) is 0 Å². The highest BCUT2D eigenvalue weighted by Gasteiger charge is 2.21. The molecule has 0 bridgehead atoms. The molecular weight excluding hydrogens is 272 g/mol. The summed E-state index contributed by atoms with van der Waals surface area (Å²) in [5.41, 5.74) is 0.840. The number of aromatic hydroxyl groups is 2.